The van der Waals surface area contributed by atoms with Crippen LogP contribution in [0.5, 0.6) is 5.75 Å². The van der Waals surface area contributed by atoms with Crippen molar-refractivity contribution < 1.29 is 23.8 Å². The molecule has 0 spiro atoms. The minimum absolute atomic E-state index is 0.168. The molecule has 0 saturated heterocycles. The highest BCUT2D eigenvalue weighted by Gasteiger charge is 2.31. The maximum atomic E-state index is 14.1. The van der Waals surface area contributed by atoms with E-state index in [4.69, 9.17) is 10.5 Å². The minimum Gasteiger partial charge on any atom is -0.497 e. The molecule has 2 aromatic carbocycles. The lowest BCUT2D eigenvalue weighted by Gasteiger charge is -2.22. The number of carbonyl (C=O) groups is 1. The molecule has 24 heavy (non-hydrogen) atoms. The quantitative estimate of drug-likeness (QED) is 0.473. The van der Waals surface area contributed by atoms with Gasteiger partial charge in [-0.2, -0.15) is 0 Å². The first-order valence-electron chi connectivity index (χ1n) is 7.08. The molecule has 7 heteroatoms. The van der Waals surface area contributed by atoms with Crippen molar-refractivity contribution in [3.8, 4) is 5.75 Å². The van der Waals surface area contributed by atoms with Gasteiger partial charge in [-0.1, -0.05) is 18.2 Å². The number of halogens is 1. The summed E-state index contributed by atoms with van der Waals surface area (Å²) in [4.78, 5) is 11.9. The second-order valence-electron chi connectivity index (χ2n) is 4.94. The van der Waals surface area contributed by atoms with Crippen LogP contribution in [-0.4, -0.2) is 31.4 Å². The van der Waals surface area contributed by atoms with Gasteiger partial charge in [-0.25, -0.2) is 9.18 Å². The smallest absolute Gasteiger partial charge is 0.336 e. The monoisotopic (exact) mass is 351 g/mol. The number of benzene rings is 2. The van der Waals surface area contributed by atoms with Crippen LogP contribution in [0.4, 0.5) is 10.1 Å². The van der Waals surface area contributed by atoms with E-state index in [0.29, 0.717) is 11.3 Å². The molecule has 0 radical (unpaired) electrons. The molecule has 2 unspecified atom stereocenters. The fourth-order valence-corrected chi connectivity index (χ4v) is 3.30. The number of rotatable bonds is 6. The number of thioether (sulfide) groups is 1. The molecule has 2 aromatic rings. The van der Waals surface area contributed by atoms with E-state index in [1.807, 2.05) is 0 Å². The first kappa shape index (κ1) is 18.1. The van der Waals surface area contributed by atoms with Gasteiger partial charge in [0.15, 0.2) is 6.10 Å². The van der Waals surface area contributed by atoms with Crippen LogP contribution < -0.4 is 10.5 Å². The normalized spacial score (nSPS) is 13.2. The van der Waals surface area contributed by atoms with E-state index in [1.165, 1.54) is 26.4 Å². The van der Waals surface area contributed by atoms with Crippen LogP contribution in [0, 0.1) is 5.82 Å². The number of hydrogen-bond donors (Lipinski definition) is 2. The molecule has 0 saturated carbocycles. The van der Waals surface area contributed by atoms with Crippen LogP contribution in [-0.2, 0) is 9.53 Å². The number of carbonyl (C=O) groups excluding carboxylic acids is 1. The number of hydrogen-bond acceptors (Lipinski definition) is 6. The molecule has 5 nitrogen and oxygen atoms in total. The molecule has 2 rings (SSSR count). The summed E-state index contributed by atoms with van der Waals surface area (Å²) in [5, 5.41) is 9.52. The number of ether oxygens (including phenoxy) is 2. The van der Waals surface area contributed by atoms with E-state index in [2.05, 4.69) is 4.74 Å². The second-order valence-corrected chi connectivity index (χ2v) is 6.09. The van der Waals surface area contributed by atoms with Crippen LogP contribution >= 0.6 is 11.8 Å². The van der Waals surface area contributed by atoms with Gasteiger partial charge in [-0.15, -0.1) is 11.8 Å². The SMILES string of the molecule is COC(=O)C(O)C(Sc1c(N)cccc1F)c1ccc(OC)cc1. The van der Waals surface area contributed by atoms with E-state index in [0.717, 1.165) is 11.8 Å². The number of esters is 1. The topological polar surface area (TPSA) is 81.8 Å². The van der Waals surface area contributed by atoms with Crippen molar-refractivity contribution in [2.45, 2.75) is 16.2 Å². The van der Waals surface area contributed by atoms with Gasteiger partial charge < -0.3 is 20.3 Å². The fraction of sp³-hybridized carbons (Fsp3) is 0.235. The first-order chi connectivity index (χ1) is 11.5. The lowest BCUT2D eigenvalue weighted by Crippen LogP contribution is -2.27. The largest absolute Gasteiger partial charge is 0.497 e. The van der Waals surface area contributed by atoms with Gasteiger partial charge in [0.2, 0.25) is 0 Å². The van der Waals surface area contributed by atoms with Gasteiger partial charge in [-0.05, 0) is 29.8 Å². The zero-order chi connectivity index (χ0) is 17.7. The Balaban J connectivity index is 2.40. The summed E-state index contributed by atoms with van der Waals surface area (Å²) in [6.45, 7) is 0. The van der Waals surface area contributed by atoms with E-state index in [1.54, 1.807) is 30.3 Å². The van der Waals surface area contributed by atoms with Crippen LogP contribution in [0.1, 0.15) is 10.8 Å². The molecule has 0 fully saturated rings. The Morgan fingerprint density at radius 2 is 1.88 bits per heavy atom. The number of anilines is 1. The van der Waals surface area contributed by atoms with Crippen LogP contribution in [0.2, 0.25) is 0 Å². The van der Waals surface area contributed by atoms with E-state index in [-0.39, 0.29) is 10.6 Å². The highest BCUT2D eigenvalue weighted by atomic mass is 32.2. The Morgan fingerprint density at radius 3 is 2.42 bits per heavy atom. The third-order valence-electron chi connectivity index (χ3n) is 3.42. The Morgan fingerprint density at radius 1 is 1.21 bits per heavy atom. The van der Waals surface area contributed by atoms with Crippen molar-refractivity contribution in [3.63, 3.8) is 0 Å². The lowest BCUT2D eigenvalue weighted by molar-refractivity contribution is -0.150. The molecule has 0 aromatic heterocycles. The summed E-state index contributed by atoms with van der Waals surface area (Å²) in [7, 11) is 2.71. The number of methoxy groups -OCH3 is 2. The van der Waals surface area contributed by atoms with Gasteiger partial charge in [0.1, 0.15) is 11.6 Å². The maximum absolute atomic E-state index is 14.1. The summed E-state index contributed by atoms with van der Waals surface area (Å²) in [5.74, 6) is -0.700. The summed E-state index contributed by atoms with van der Waals surface area (Å²) in [6.07, 6.45) is -1.48. The van der Waals surface area contributed by atoms with Crippen LogP contribution in [0.15, 0.2) is 47.4 Å². The molecular weight excluding hydrogens is 333 g/mol. The Labute approximate surface area is 143 Å². The average Bonchev–Trinajstić information content (AvgIpc) is 2.60. The summed E-state index contributed by atoms with van der Waals surface area (Å²) >= 11 is 0.969. The standard InChI is InChI=1S/C17H18FNO4S/c1-22-11-8-6-10(7-9-11)15(14(20)17(21)23-2)24-16-12(18)4-3-5-13(16)19/h3-9,14-15,20H,19H2,1-2H3. The Kier molecular flexibility index (Phi) is 6.05. The maximum Gasteiger partial charge on any atom is 0.336 e. The van der Waals surface area contributed by atoms with Crippen molar-refractivity contribution in [1.29, 1.82) is 0 Å². The number of nitrogens with two attached hydrogens (primary N) is 1. The number of aliphatic hydroxyl groups is 1. The first-order valence-corrected chi connectivity index (χ1v) is 7.96. The summed E-state index contributed by atoms with van der Waals surface area (Å²) < 4.78 is 23.8. The van der Waals surface area contributed by atoms with Crippen molar-refractivity contribution in [2.24, 2.45) is 0 Å². The van der Waals surface area contributed by atoms with Gasteiger partial charge in [0, 0.05) is 5.69 Å². The van der Waals surface area contributed by atoms with Crippen LogP contribution in [0.25, 0.3) is 0 Å². The molecule has 128 valence electrons. The summed E-state index contributed by atoms with van der Waals surface area (Å²) in [6, 6.07) is 11.1. The lowest BCUT2D eigenvalue weighted by atomic mass is 10.1. The van der Waals surface area contributed by atoms with Crippen molar-refractivity contribution in [3.05, 3.63) is 53.8 Å². The van der Waals surface area contributed by atoms with Gasteiger partial charge in [0.25, 0.3) is 0 Å². The Hall–Kier alpha value is -2.25. The molecular formula is C17H18FNO4S. The average molecular weight is 351 g/mol. The third kappa shape index (κ3) is 3.98. The van der Waals surface area contributed by atoms with Crippen molar-refractivity contribution >= 4 is 23.4 Å². The zero-order valence-electron chi connectivity index (χ0n) is 13.2. The van der Waals surface area contributed by atoms with E-state index >= 15 is 0 Å². The Bertz CT molecular complexity index is 688. The van der Waals surface area contributed by atoms with Gasteiger partial charge in [0.05, 0.1) is 24.4 Å². The van der Waals surface area contributed by atoms with E-state index < -0.39 is 23.1 Å². The van der Waals surface area contributed by atoms with Gasteiger partial charge >= 0.3 is 5.97 Å². The second kappa shape index (κ2) is 8.03. The minimum atomic E-state index is -1.48. The van der Waals surface area contributed by atoms with Crippen LogP contribution in [0.3, 0.4) is 0 Å². The molecule has 0 aliphatic rings. The predicted molar refractivity (Wildman–Crippen MR) is 90.4 cm³/mol. The number of nitrogen functional groups attached to an aromatic ring is 1. The highest BCUT2D eigenvalue weighted by Crippen LogP contribution is 2.42. The number of aliphatic hydroxyl groups excluding tert-OH is 1. The van der Waals surface area contributed by atoms with E-state index in [9.17, 15) is 14.3 Å². The molecule has 0 heterocycles. The molecule has 0 aliphatic carbocycles. The zero-order valence-corrected chi connectivity index (χ0v) is 14.0. The fourth-order valence-electron chi connectivity index (χ4n) is 2.13. The van der Waals surface area contributed by atoms with Gasteiger partial charge in [-0.3, -0.25) is 0 Å². The van der Waals surface area contributed by atoms with Crippen molar-refractivity contribution in [1.82, 2.24) is 0 Å². The molecule has 2 atom stereocenters. The summed E-state index contributed by atoms with van der Waals surface area (Å²) in [5.41, 5.74) is 6.67. The molecule has 0 bridgehead atoms. The van der Waals surface area contributed by atoms with Crippen molar-refractivity contribution in [2.75, 3.05) is 20.0 Å². The highest BCUT2D eigenvalue weighted by molar-refractivity contribution is 7.99. The molecule has 0 amide bonds. The molecule has 3 N–H and O–H groups in total. The third-order valence-corrected chi connectivity index (χ3v) is 4.87. The predicted octanol–water partition coefficient (Wildman–Crippen LogP) is 2.78. The molecule has 0 aliphatic heterocycles.